The number of rotatable bonds is 9. The number of halogens is 1. The summed E-state index contributed by atoms with van der Waals surface area (Å²) in [4.78, 5) is 9.74. The van der Waals surface area contributed by atoms with Crippen LogP contribution in [0.25, 0.3) is 0 Å². The molecule has 6 heteroatoms. The molecule has 1 fully saturated rings. The van der Waals surface area contributed by atoms with E-state index in [1.54, 1.807) is 0 Å². The summed E-state index contributed by atoms with van der Waals surface area (Å²) in [6.07, 6.45) is 3.43. The molecule has 0 radical (unpaired) electrons. The molecule has 2 N–H and O–H groups in total. The topological polar surface area (TPSA) is 42.9 Å². The summed E-state index contributed by atoms with van der Waals surface area (Å²) in [7, 11) is 2.22. The Bertz CT molecular complexity index is 573. The van der Waals surface area contributed by atoms with Crippen LogP contribution in [0.1, 0.15) is 50.7 Å². The summed E-state index contributed by atoms with van der Waals surface area (Å²) in [5.41, 5.74) is 2.82. The minimum atomic E-state index is 0. The summed E-state index contributed by atoms with van der Waals surface area (Å²) in [5, 5.41) is 6.87. The van der Waals surface area contributed by atoms with Gasteiger partial charge in [0, 0.05) is 39.3 Å². The number of benzene rings is 1. The number of hydrogen-bond acceptors (Lipinski definition) is 3. The highest BCUT2D eigenvalue weighted by atomic mass is 127. The van der Waals surface area contributed by atoms with Crippen LogP contribution in [0.4, 0.5) is 0 Å². The van der Waals surface area contributed by atoms with E-state index in [1.807, 2.05) is 0 Å². The number of guanidine groups is 1. The van der Waals surface area contributed by atoms with Gasteiger partial charge in [0.2, 0.25) is 0 Å². The monoisotopic (exact) mass is 515 g/mol. The van der Waals surface area contributed by atoms with Crippen LogP contribution in [0, 0.1) is 0 Å². The van der Waals surface area contributed by atoms with E-state index in [2.05, 4.69) is 72.5 Å². The molecule has 0 unspecified atom stereocenters. The van der Waals surface area contributed by atoms with Gasteiger partial charge in [0.05, 0.1) is 0 Å². The quantitative estimate of drug-likeness (QED) is 0.229. The first kappa shape index (κ1) is 26.2. The van der Waals surface area contributed by atoms with Crippen molar-refractivity contribution in [3.8, 4) is 0 Å². The minimum Gasteiger partial charge on any atom is -0.357 e. The van der Waals surface area contributed by atoms with E-state index >= 15 is 0 Å². The van der Waals surface area contributed by atoms with E-state index in [1.165, 1.54) is 43.7 Å². The molecule has 0 aliphatic carbocycles. The van der Waals surface area contributed by atoms with Crippen LogP contribution in [0.2, 0.25) is 0 Å². The van der Waals surface area contributed by atoms with Crippen molar-refractivity contribution in [2.75, 3.05) is 59.4 Å². The Morgan fingerprint density at radius 3 is 2.52 bits per heavy atom. The van der Waals surface area contributed by atoms with Crippen LogP contribution in [0.3, 0.4) is 0 Å². The third-order valence-electron chi connectivity index (χ3n) is 5.42. The molecule has 1 heterocycles. The van der Waals surface area contributed by atoms with Crippen molar-refractivity contribution in [2.24, 2.45) is 4.99 Å². The summed E-state index contributed by atoms with van der Waals surface area (Å²) in [5.74, 6) is 1.55. The fourth-order valence-corrected chi connectivity index (χ4v) is 3.54. The normalized spacial score (nSPS) is 16.4. The predicted molar refractivity (Wildman–Crippen MR) is 137 cm³/mol. The first-order chi connectivity index (χ1) is 13.6. The molecule has 166 valence electrons. The molecule has 0 saturated carbocycles. The molecular weight excluding hydrogens is 473 g/mol. The van der Waals surface area contributed by atoms with Crippen molar-refractivity contribution in [1.82, 2.24) is 20.4 Å². The summed E-state index contributed by atoms with van der Waals surface area (Å²) in [6.45, 7) is 15.2. The van der Waals surface area contributed by atoms with Gasteiger partial charge in [0.15, 0.2) is 5.96 Å². The summed E-state index contributed by atoms with van der Waals surface area (Å²) in [6, 6.07) is 9.05. The highest BCUT2D eigenvalue weighted by molar-refractivity contribution is 14.0. The van der Waals surface area contributed by atoms with E-state index in [-0.39, 0.29) is 24.0 Å². The van der Waals surface area contributed by atoms with E-state index in [0.29, 0.717) is 5.92 Å². The van der Waals surface area contributed by atoms with Crippen molar-refractivity contribution >= 4 is 29.9 Å². The van der Waals surface area contributed by atoms with E-state index in [9.17, 15) is 0 Å². The van der Waals surface area contributed by atoms with Crippen LogP contribution in [0.15, 0.2) is 29.3 Å². The second-order valence-electron chi connectivity index (χ2n) is 8.19. The van der Waals surface area contributed by atoms with Crippen molar-refractivity contribution < 1.29 is 0 Å². The molecule has 0 bridgehead atoms. The smallest absolute Gasteiger partial charge is 0.191 e. The van der Waals surface area contributed by atoms with Gasteiger partial charge in [0.25, 0.3) is 0 Å². The molecule has 1 aromatic carbocycles. The molecule has 29 heavy (non-hydrogen) atoms. The average Bonchev–Trinajstić information content (AvgIpc) is 2.89. The van der Waals surface area contributed by atoms with Gasteiger partial charge in [-0.1, -0.05) is 38.1 Å². The largest absolute Gasteiger partial charge is 0.357 e. The molecule has 0 aromatic heterocycles. The second kappa shape index (κ2) is 15.0. The van der Waals surface area contributed by atoms with Crippen molar-refractivity contribution in [3.05, 3.63) is 35.4 Å². The minimum absolute atomic E-state index is 0. The third kappa shape index (κ3) is 10.6. The zero-order valence-corrected chi connectivity index (χ0v) is 21.2. The molecule has 2 rings (SSSR count). The predicted octanol–water partition coefficient (Wildman–Crippen LogP) is 3.55. The summed E-state index contributed by atoms with van der Waals surface area (Å²) >= 11 is 0. The maximum Gasteiger partial charge on any atom is 0.191 e. The Hall–Kier alpha value is -0.860. The lowest BCUT2D eigenvalue weighted by molar-refractivity contribution is 0.280. The Morgan fingerprint density at radius 1 is 1.07 bits per heavy atom. The van der Waals surface area contributed by atoms with E-state index in [0.717, 1.165) is 45.0 Å². The highest BCUT2D eigenvalue weighted by Gasteiger charge is 2.11. The number of hydrogen-bond donors (Lipinski definition) is 2. The first-order valence-corrected chi connectivity index (χ1v) is 11.1. The zero-order valence-electron chi connectivity index (χ0n) is 18.9. The van der Waals surface area contributed by atoms with Crippen LogP contribution in [-0.2, 0) is 6.42 Å². The average molecular weight is 516 g/mol. The van der Waals surface area contributed by atoms with Gasteiger partial charge < -0.3 is 20.4 Å². The Morgan fingerprint density at radius 2 is 1.83 bits per heavy atom. The molecule has 1 saturated heterocycles. The van der Waals surface area contributed by atoms with Gasteiger partial charge in [0.1, 0.15) is 0 Å². The number of aryl methyl sites for hydroxylation is 1. The maximum absolute atomic E-state index is 4.76. The SMILES string of the molecule is CCNC(=NCCCc1ccc(C(C)C)cc1)NCCN1CCCN(C)CC1.I. The van der Waals surface area contributed by atoms with Crippen LogP contribution < -0.4 is 10.6 Å². The maximum atomic E-state index is 4.76. The first-order valence-electron chi connectivity index (χ1n) is 11.1. The highest BCUT2D eigenvalue weighted by Crippen LogP contribution is 2.15. The summed E-state index contributed by atoms with van der Waals surface area (Å²) < 4.78 is 0. The lowest BCUT2D eigenvalue weighted by atomic mass is 10.0. The lowest BCUT2D eigenvalue weighted by Gasteiger charge is -2.21. The van der Waals surface area contributed by atoms with Gasteiger partial charge in [-0.25, -0.2) is 0 Å². The van der Waals surface area contributed by atoms with E-state index in [4.69, 9.17) is 4.99 Å². The molecule has 5 nitrogen and oxygen atoms in total. The Labute approximate surface area is 195 Å². The molecular formula is C23H42IN5. The van der Waals surface area contributed by atoms with Crippen molar-refractivity contribution in [1.29, 1.82) is 0 Å². The molecule has 1 aromatic rings. The lowest BCUT2D eigenvalue weighted by Crippen LogP contribution is -2.42. The van der Waals surface area contributed by atoms with Crippen molar-refractivity contribution in [3.63, 3.8) is 0 Å². The van der Waals surface area contributed by atoms with Gasteiger partial charge in [-0.15, -0.1) is 24.0 Å². The van der Waals surface area contributed by atoms with Crippen LogP contribution in [-0.4, -0.2) is 75.2 Å². The molecule has 1 aliphatic rings. The standard InChI is InChI=1S/C23H41N5.HI/c1-5-24-23(26-14-17-28-16-7-15-27(4)18-19-28)25-13-6-8-21-9-11-22(12-10-21)20(2)3;/h9-12,20H,5-8,13-19H2,1-4H3,(H2,24,25,26);1H. The number of nitrogens with one attached hydrogen (secondary N) is 2. The number of nitrogens with zero attached hydrogens (tertiary/aromatic N) is 3. The van der Waals surface area contributed by atoms with E-state index < -0.39 is 0 Å². The fourth-order valence-electron chi connectivity index (χ4n) is 3.54. The van der Waals surface area contributed by atoms with Gasteiger partial charge >= 0.3 is 0 Å². The molecule has 0 spiro atoms. The Balaban J connectivity index is 0.00000420. The van der Waals surface area contributed by atoms with Crippen LogP contribution in [0.5, 0.6) is 0 Å². The molecule has 0 atom stereocenters. The second-order valence-corrected chi connectivity index (χ2v) is 8.19. The van der Waals surface area contributed by atoms with Crippen molar-refractivity contribution in [2.45, 2.75) is 46.0 Å². The zero-order chi connectivity index (χ0) is 20.2. The fraction of sp³-hybridized carbons (Fsp3) is 0.696. The van der Waals surface area contributed by atoms with Gasteiger partial charge in [-0.2, -0.15) is 0 Å². The Kier molecular flexibility index (Phi) is 13.6. The third-order valence-corrected chi connectivity index (χ3v) is 5.42. The van der Waals surface area contributed by atoms with Gasteiger partial charge in [-0.3, -0.25) is 4.99 Å². The number of aliphatic imine (C=N–C) groups is 1. The van der Waals surface area contributed by atoms with Gasteiger partial charge in [-0.05, 0) is 63.4 Å². The molecule has 1 aliphatic heterocycles. The van der Waals surface area contributed by atoms with Crippen LogP contribution >= 0.6 is 24.0 Å². The number of likely N-dealkylation sites (N-methyl/N-ethyl adjacent to an activating group) is 1. The molecule has 0 amide bonds.